The molecule has 0 aliphatic heterocycles. The zero-order valence-electron chi connectivity index (χ0n) is 12.0. The summed E-state index contributed by atoms with van der Waals surface area (Å²) in [6, 6.07) is 22.1. The van der Waals surface area contributed by atoms with Crippen molar-refractivity contribution >= 4 is 39.6 Å². The molecule has 0 bridgehead atoms. The smallest absolute Gasteiger partial charge is 0.511 e. The summed E-state index contributed by atoms with van der Waals surface area (Å²) in [6.45, 7) is 0. The van der Waals surface area contributed by atoms with Crippen molar-refractivity contribution in [3.05, 3.63) is 66.7 Å². The quantitative estimate of drug-likeness (QED) is 0.310. The third-order valence-electron chi connectivity index (χ3n) is 3.92. The van der Waals surface area contributed by atoms with E-state index < -0.39 is 7.32 Å². The van der Waals surface area contributed by atoms with E-state index in [-0.39, 0.29) is 22.4 Å². The molecule has 5 heteroatoms. The second-order valence-electron chi connectivity index (χ2n) is 5.28. The number of hydrogen-bond acceptors (Lipinski definition) is 3. The molecule has 0 heterocycles. The fraction of sp³-hybridized carbons (Fsp3) is 0. The summed E-state index contributed by atoms with van der Waals surface area (Å²) in [7, 11) is -1.83. The summed E-state index contributed by atoms with van der Waals surface area (Å²) in [5, 5.41) is 24.6. The molecule has 0 aromatic heterocycles. The summed E-state index contributed by atoms with van der Waals surface area (Å²) in [5.41, 5.74) is 0. The van der Waals surface area contributed by atoms with E-state index in [1.807, 2.05) is 30.3 Å². The molecule has 0 unspecified atom stereocenters. The van der Waals surface area contributed by atoms with Gasteiger partial charge < -0.3 is 14.7 Å². The van der Waals surface area contributed by atoms with E-state index in [4.69, 9.17) is 14.7 Å². The van der Waals surface area contributed by atoms with Crippen molar-refractivity contribution in [1.29, 1.82) is 0 Å². The molecule has 0 fully saturated rings. The van der Waals surface area contributed by atoms with Crippen LogP contribution in [0.1, 0.15) is 0 Å². The van der Waals surface area contributed by atoms with Gasteiger partial charge in [0.1, 0.15) is 5.75 Å². The summed E-state index contributed by atoms with van der Waals surface area (Å²) in [5.74, 6) is 0.466. The fourth-order valence-electron chi connectivity index (χ4n) is 2.98. The maximum atomic E-state index is 9.14. The third kappa shape index (κ3) is 2.88. The Balaban J connectivity index is 0.00000156. The van der Waals surface area contributed by atoms with Crippen LogP contribution in [0.2, 0.25) is 0 Å². The Labute approximate surface area is 149 Å². The zero-order valence-corrected chi connectivity index (χ0v) is 13.5. The van der Waals surface area contributed by atoms with Gasteiger partial charge in [0, 0.05) is 27.8 Å². The van der Waals surface area contributed by atoms with Crippen molar-refractivity contribution in [2.24, 2.45) is 0 Å². The van der Waals surface area contributed by atoms with Gasteiger partial charge in [0.2, 0.25) is 0 Å². The molecule has 3 nitrogen and oxygen atoms in total. The monoisotopic (exact) mass is 395 g/mol. The van der Waals surface area contributed by atoms with Crippen LogP contribution in [0.3, 0.4) is 0 Å². The Morgan fingerprint density at radius 1 is 0.696 bits per heavy atom. The minimum atomic E-state index is -1.83. The Hall–Kier alpha value is -1.81. The molecule has 0 atom stereocenters. The van der Waals surface area contributed by atoms with Crippen LogP contribution in [0, 0.1) is 0 Å². The molecule has 0 spiro atoms. The van der Waals surface area contributed by atoms with E-state index in [2.05, 4.69) is 30.3 Å². The molecule has 4 aromatic rings. The Morgan fingerprint density at radius 3 is 2.09 bits per heavy atom. The molecular weight excluding hydrogens is 383 g/mol. The van der Waals surface area contributed by atoms with E-state index in [9.17, 15) is 0 Å². The van der Waals surface area contributed by atoms with Crippen LogP contribution < -0.4 is 4.65 Å². The third-order valence-corrected chi connectivity index (χ3v) is 3.92. The number of benzene rings is 4. The number of rotatable bonds is 2. The SMILES string of the molecule is OB(O)Oc1cccc2ccc3cc4ccccc4cc3c12.[Ag]. The average molecular weight is 396 g/mol. The molecule has 0 aliphatic rings. The van der Waals surface area contributed by atoms with Crippen LogP contribution in [0.4, 0.5) is 0 Å². The van der Waals surface area contributed by atoms with Gasteiger partial charge in [-0.05, 0) is 45.1 Å². The summed E-state index contributed by atoms with van der Waals surface area (Å²) in [6.07, 6.45) is 0. The van der Waals surface area contributed by atoms with Crippen molar-refractivity contribution in [1.82, 2.24) is 0 Å². The Bertz CT molecular complexity index is 1000. The zero-order chi connectivity index (χ0) is 15.1. The average Bonchev–Trinajstić information content (AvgIpc) is 2.52. The molecule has 23 heavy (non-hydrogen) atoms. The van der Waals surface area contributed by atoms with Gasteiger partial charge in [-0.2, -0.15) is 0 Å². The summed E-state index contributed by atoms with van der Waals surface area (Å²) < 4.78 is 5.16. The van der Waals surface area contributed by atoms with Crippen LogP contribution in [-0.4, -0.2) is 17.4 Å². The van der Waals surface area contributed by atoms with Crippen molar-refractivity contribution in [2.75, 3.05) is 0 Å². The topological polar surface area (TPSA) is 49.7 Å². The van der Waals surface area contributed by atoms with E-state index in [0.717, 1.165) is 26.9 Å². The van der Waals surface area contributed by atoms with Crippen molar-refractivity contribution in [3.8, 4) is 5.75 Å². The molecule has 0 saturated heterocycles. The Kier molecular flexibility index (Phi) is 4.44. The predicted molar refractivity (Wildman–Crippen MR) is 89.8 cm³/mol. The van der Waals surface area contributed by atoms with Crippen molar-refractivity contribution < 1.29 is 37.1 Å². The van der Waals surface area contributed by atoms with Gasteiger partial charge in [-0.25, -0.2) is 0 Å². The molecule has 4 aromatic carbocycles. The second-order valence-corrected chi connectivity index (χ2v) is 5.28. The minimum absolute atomic E-state index is 0. The first kappa shape index (κ1) is 16.1. The molecule has 0 aliphatic carbocycles. The summed E-state index contributed by atoms with van der Waals surface area (Å²) in [4.78, 5) is 0. The second kappa shape index (κ2) is 6.36. The normalized spacial score (nSPS) is 10.7. The Morgan fingerprint density at radius 2 is 1.35 bits per heavy atom. The number of fused-ring (bicyclic) bond motifs is 4. The van der Waals surface area contributed by atoms with Gasteiger partial charge in [-0.15, -0.1) is 0 Å². The van der Waals surface area contributed by atoms with Gasteiger partial charge in [0.05, 0.1) is 0 Å². The van der Waals surface area contributed by atoms with Gasteiger partial charge in [-0.3, -0.25) is 0 Å². The van der Waals surface area contributed by atoms with E-state index >= 15 is 0 Å². The van der Waals surface area contributed by atoms with Crippen LogP contribution in [0.15, 0.2) is 66.7 Å². The van der Waals surface area contributed by atoms with Crippen molar-refractivity contribution in [2.45, 2.75) is 0 Å². The molecular formula is C18H13AgBO3. The molecule has 4 rings (SSSR count). The first-order chi connectivity index (χ1) is 10.7. The van der Waals surface area contributed by atoms with E-state index in [1.54, 1.807) is 6.07 Å². The minimum Gasteiger partial charge on any atom is -0.511 e. The standard InChI is InChI=1S/C18H13BO3.Ag/c20-19(21)22-17-7-3-6-12-8-9-15-10-13-4-1-2-5-14(13)11-16(15)18(12)17;/h1-11,20-21H;. The van der Waals surface area contributed by atoms with Gasteiger partial charge in [0.15, 0.2) is 0 Å². The molecule has 2 N–H and O–H groups in total. The van der Waals surface area contributed by atoms with Gasteiger partial charge >= 0.3 is 7.32 Å². The molecule has 117 valence electrons. The van der Waals surface area contributed by atoms with E-state index in [0.29, 0.717) is 5.75 Å². The van der Waals surface area contributed by atoms with Gasteiger partial charge in [-0.1, -0.05) is 48.5 Å². The van der Waals surface area contributed by atoms with Crippen LogP contribution in [0.5, 0.6) is 5.75 Å². The van der Waals surface area contributed by atoms with Crippen LogP contribution >= 0.6 is 0 Å². The molecule has 0 saturated carbocycles. The van der Waals surface area contributed by atoms with Crippen molar-refractivity contribution in [3.63, 3.8) is 0 Å². The fourth-order valence-corrected chi connectivity index (χ4v) is 2.98. The first-order valence-electron chi connectivity index (χ1n) is 7.09. The number of hydrogen-bond donors (Lipinski definition) is 2. The summed E-state index contributed by atoms with van der Waals surface area (Å²) >= 11 is 0. The molecule has 1 radical (unpaired) electrons. The predicted octanol–water partition coefficient (Wildman–Crippen LogP) is 3.49. The first-order valence-corrected chi connectivity index (χ1v) is 7.09. The van der Waals surface area contributed by atoms with E-state index in [1.165, 1.54) is 5.39 Å². The maximum Gasteiger partial charge on any atom is 0.707 e. The van der Waals surface area contributed by atoms with Crippen LogP contribution in [-0.2, 0) is 22.4 Å². The largest absolute Gasteiger partial charge is 0.707 e. The maximum absolute atomic E-state index is 9.14. The molecule has 0 amide bonds. The van der Waals surface area contributed by atoms with Crippen LogP contribution in [0.25, 0.3) is 32.3 Å². The van der Waals surface area contributed by atoms with Gasteiger partial charge in [0.25, 0.3) is 0 Å².